The maximum Gasteiger partial charge on any atom is 0.407 e. The standard InChI is InChI=1S/C56H66F10N8O8/c1-31-18-47(72-25-37-14-15-38(26-72)74(37)39-29-82-30-39)69-24-34(31)13-12-32-8-10-33(11-9-32)19-36(22-45(75)49(70-52(79)81-7)54(4,5)56(64,65)66)46(76)28-73(71-50(78)41(23-48(77)80-6)53(2,3)55(61,62)63)27-40-42(57)20-35(21-43(40)58)44(67)16-17-68-51(59)60/h8-11,16-18,20-21,24,36-39,41,46,49,51,76H,14-15,19,22-23,25-30,67H2,1-7H3,(H,70,79)(H,71,78)/t36-,37?,38?,41-,46+,49-/m1/s1. The van der Waals surface area contributed by atoms with Gasteiger partial charge in [-0.25, -0.2) is 28.6 Å². The van der Waals surface area contributed by atoms with E-state index in [0.717, 1.165) is 70.8 Å². The molecule has 3 aliphatic heterocycles. The molecule has 3 aromatic rings. The highest BCUT2D eigenvalue weighted by atomic mass is 19.4. The molecule has 1 aromatic heterocycles. The molecular weight excluding hydrogens is 1100 g/mol. The first-order valence-electron chi connectivity index (χ1n) is 26.1. The number of halogens is 10. The molecule has 0 spiro atoms. The fourth-order valence-corrected chi connectivity index (χ4v) is 10.1. The lowest BCUT2D eigenvalue weighted by molar-refractivity contribution is -0.231. The molecule has 3 saturated heterocycles. The number of allylic oxidation sites excluding steroid dienone is 1. The van der Waals surface area contributed by atoms with Crippen LogP contribution in [0.15, 0.2) is 59.7 Å². The highest BCUT2D eigenvalue weighted by molar-refractivity contribution is 5.89. The number of alkyl carbamates (subject to hydrolysis) is 1. The zero-order chi connectivity index (χ0) is 60.6. The van der Waals surface area contributed by atoms with Gasteiger partial charge in [0.2, 0.25) is 5.91 Å². The number of nitrogens with zero attached hydrogens (tertiary/aromatic N) is 5. The normalized spacial score (nSPS) is 18.8. The van der Waals surface area contributed by atoms with Crippen molar-refractivity contribution >= 4 is 41.5 Å². The number of piperazine rings is 1. The Balaban J connectivity index is 1.33. The van der Waals surface area contributed by atoms with E-state index in [1.54, 1.807) is 18.3 Å². The second-order valence-electron chi connectivity index (χ2n) is 21.7. The Labute approximate surface area is 467 Å². The number of amides is 2. The minimum atomic E-state index is -5.16. The van der Waals surface area contributed by atoms with Crippen molar-refractivity contribution in [1.82, 2.24) is 25.6 Å². The predicted molar refractivity (Wildman–Crippen MR) is 280 cm³/mol. The Bertz CT molecular complexity index is 2870. The molecule has 0 radical (unpaired) electrons. The van der Waals surface area contributed by atoms with Crippen molar-refractivity contribution in [3.8, 4) is 11.8 Å². The summed E-state index contributed by atoms with van der Waals surface area (Å²) in [4.78, 5) is 65.7. The van der Waals surface area contributed by atoms with Gasteiger partial charge in [-0.05, 0) is 93.5 Å². The molecule has 3 aliphatic rings. The van der Waals surface area contributed by atoms with Crippen LogP contribution in [0.3, 0.4) is 0 Å². The van der Waals surface area contributed by atoms with E-state index in [4.69, 9.17) is 15.5 Å². The van der Waals surface area contributed by atoms with Gasteiger partial charge >= 0.3 is 31.0 Å². The van der Waals surface area contributed by atoms with Crippen LogP contribution in [0.1, 0.15) is 86.8 Å². The number of hydrogen-bond acceptors (Lipinski definition) is 14. The SMILES string of the molecule is COC(=O)C[C@H](C(=O)NN(Cc1c(F)cc(C(N)=CC=NC(F)F)cc1F)C[C@H](O)[C@@H](CC(=O)[C@@H](NC(=O)OC)C(C)(C)C(F)(F)F)Cc1ccc(C#Cc2cnc(N3CC4CCC(C3)N4C3COC3)cc2C)cc1)C(C)(C)C(F)(F)F. The highest BCUT2D eigenvalue weighted by Crippen LogP contribution is 2.46. The topological polar surface area (TPSA) is 201 Å². The van der Waals surface area contributed by atoms with Crippen LogP contribution >= 0.6 is 0 Å². The summed E-state index contributed by atoms with van der Waals surface area (Å²) in [6.45, 7) is 2.30. The molecule has 2 bridgehead atoms. The number of esters is 1. The number of carbonyl (C=O) groups is 4. The molecular formula is C56H66F10N8O8. The lowest BCUT2D eigenvalue weighted by atomic mass is 9.75. The quantitative estimate of drug-likeness (QED) is 0.0190. The van der Waals surface area contributed by atoms with Crippen molar-refractivity contribution in [1.29, 1.82) is 0 Å². The molecule has 2 aromatic carbocycles. The zero-order valence-corrected chi connectivity index (χ0v) is 46.1. The molecule has 448 valence electrons. The van der Waals surface area contributed by atoms with Gasteiger partial charge in [0.15, 0.2) is 5.78 Å². The predicted octanol–water partition coefficient (Wildman–Crippen LogP) is 7.81. The van der Waals surface area contributed by atoms with E-state index < -0.39 is 126 Å². The number of hydrazine groups is 1. The summed E-state index contributed by atoms with van der Waals surface area (Å²) in [5.74, 6) is -3.73. The van der Waals surface area contributed by atoms with Gasteiger partial charge in [0.1, 0.15) is 23.5 Å². The second-order valence-corrected chi connectivity index (χ2v) is 21.7. The number of fused-ring (bicyclic) bond motifs is 2. The number of aromatic nitrogens is 1. The van der Waals surface area contributed by atoms with E-state index >= 15 is 8.78 Å². The Kier molecular flexibility index (Phi) is 20.9. The van der Waals surface area contributed by atoms with Gasteiger partial charge in [-0.2, -0.15) is 35.1 Å². The number of carbonyl (C=O) groups excluding carboxylic acids is 4. The van der Waals surface area contributed by atoms with Crippen LogP contribution < -0.4 is 21.4 Å². The number of hydrogen-bond donors (Lipinski definition) is 4. The Hall–Kier alpha value is -6.82. The number of methoxy groups -OCH3 is 2. The second kappa shape index (κ2) is 26.6. The number of nitrogens with two attached hydrogens (primary N) is 1. The number of ether oxygens (including phenoxy) is 3. The zero-order valence-electron chi connectivity index (χ0n) is 46.1. The fourth-order valence-electron chi connectivity index (χ4n) is 10.1. The third kappa shape index (κ3) is 15.6. The van der Waals surface area contributed by atoms with E-state index in [9.17, 15) is 59.4 Å². The Morgan fingerprint density at radius 1 is 0.902 bits per heavy atom. The molecule has 0 aliphatic carbocycles. The van der Waals surface area contributed by atoms with E-state index in [1.807, 2.05) is 18.3 Å². The summed E-state index contributed by atoms with van der Waals surface area (Å²) >= 11 is 0. The van der Waals surface area contributed by atoms with Crippen LogP contribution in [0.4, 0.5) is 54.5 Å². The van der Waals surface area contributed by atoms with E-state index in [-0.39, 0.29) is 12.0 Å². The smallest absolute Gasteiger partial charge is 0.407 e. The molecule has 2 unspecified atom stereocenters. The van der Waals surface area contributed by atoms with Gasteiger partial charge in [-0.15, -0.1) is 0 Å². The van der Waals surface area contributed by atoms with Crippen LogP contribution in [-0.4, -0.2) is 146 Å². The lowest BCUT2D eigenvalue weighted by Gasteiger charge is -2.48. The molecule has 4 heterocycles. The molecule has 2 amide bonds. The van der Waals surface area contributed by atoms with Crippen LogP contribution in [0.25, 0.3) is 5.70 Å². The van der Waals surface area contributed by atoms with Crippen LogP contribution in [0.2, 0.25) is 0 Å². The number of alkyl halides is 8. The monoisotopic (exact) mass is 1170 g/mol. The Morgan fingerprint density at radius 2 is 1.51 bits per heavy atom. The third-order valence-electron chi connectivity index (χ3n) is 15.5. The number of aliphatic hydroxyl groups is 1. The van der Waals surface area contributed by atoms with E-state index in [1.165, 1.54) is 12.1 Å². The average molecular weight is 1170 g/mol. The molecule has 16 nitrogen and oxygen atoms in total. The summed E-state index contributed by atoms with van der Waals surface area (Å²) in [6.07, 6.45) is -11.0. The molecule has 0 saturated carbocycles. The number of aryl methyl sites for hydroxylation is 1. The van der Waals surface area contributed by atoms with Crippen LogP contribution in [0.5, 0.6) is 0 Å². The highest BCUT2D eigenvalue weighted by Gasteiger charge is 2.57. The number of benzene rings is 2. The molecule has 5 N–H and O–H groups in total. The molecule has 82 heavy (non-hydrogen) atoms. The maximum atomic E-state index is 16.0. The summed E-state index contributed by atoms with van der Waals surface area (Å²) < 4.78 is 159. The van der Waals surface area contributed by atoms with Crippen LogP contribution in [0, 0.1) is 53.1 Å². The first-order valence-corrected chi connectivity index (χ1v) is 26.1. The first kappa shape index (κ1) is 64.3. The number of pyridine rings is 1. The summed E-state index contributed by atoms with van der Waals surface area (Å²) in [7, 11) is 1.69. The van der Waals surface area contributed by atoms with Gasteiger partial charge in [0.25, 0.3) is 0 Å². The lowest BCUT2D eigenvalue weighted by Crippen LogP contribution is -2.62. The fraction of sp³-hybridized carbons (Fsp3) is 0.536. The maximum absolute atomic E-state index is 16.0. The van der Waals surface area contributed by atoms with Crippen molar-refractivity contribution < 1.29 is 82.4 Å². The molecule has 6 atom stereocenters. The van der Waals surface area contributed by atoms with Crippen molar-refractivity contribution in [2.45, 2.75) is 122 Å². The first-order chi connectivity index (χ1) is 38.3. The number of nitrogens with one attached hydrogen (secondary N) is 2. The molecule has 6 rings (SSSR count). The largest absolute Gasteiger partial charge is 0.469 e. The third-order valence-corrected chi connectivity index (χ3v) is 15.5. The number of ketones is 1. The van der Waals surface area contributed by atoms with Crippen molar-refractivity contribution in [2.24, 2.45) is 33.4 Å². The number of anilines is 1. The van der Waals surface area contributed by atoms with Gasteiger partial charge < -0.3 is 35.3 Å². The molecule has 3 fully saturated rings. The van der Waals surface area contributed by atoms with Gasteiger partial charge in [-0.1, -0.05) is 37.8 Å². The van der Waals surface area contributed by atoms with E-state index in [2.05, 4.69) is 41.5 Å². The Morgan fingerprint density at radius 3 is 2.04 bits per heavy atom. The number of Topliss-reactive ketones (excluding diaryl/α,β-unsaturated/α-hetero) is 1. The average Bonchev–Trinajstić information content (AvgIpc) is 3.62. The van der Waals surface area contributed by atoms with Gasteiger partial charge in [-0.3, -0.25) is 24.7 Å². The number of aliphatic imine (C=N–C) groups is 1. The number of aliphatic hydroxyl groups excluding tert-OH is 1. The van der Waals surface area contributed by atoms with Crippen molar-refractivity contribution in [2.75, 3.05) is 52.0 Å². The van der Waals surface area contributed by atoms with Gasteiger partial charge in [0.05, 0.1) is 62.7 Å². The van der Waals surface area contributed by atoms with Crippen molar-refractivity contribution in [3.63, 3.8) is 0 Å². The van der Waals surface area contributed by atoms with Crippen molar-refractivity contribution in [3.05, 3.63) is 99.8 Å². The minimum Gasteiger partial charge on any atom is -0.469 e. The minimum absolute atomic E-state index is 0.341. The summed E-state index contributed by atoms with van der Waals surface area (Å²) in [5.41, 5.74) is 2.57. The van der Waals surface area contributed by atoms with E-state index in [0.29, 0.717) is 85.9 Å². The number of rotatable bonds is 22. The van der Waals surface area contributed by atoms with Crippen LogP contribution in [-0.2, 0) is 41.6 Å². The summed E-state index contributed by atoms with van der Waals surface area (Å²) in [5, 5.41) is 14.7. The summed E-state index contributed by atoms with van der Waals surface area (Å²) in [6, 6.07) is 8.47. The molecule has 26 heteroatoms. The van der Waals surface area contributed by atoms with Gasteiger partial charge in [0, 0.05) is 85.0 Å².